The van der Waals surface area contributed by atoms with Gasteiger partial charge in [0.25, 0.3) is 0 Å². The fraction of sp³-hybridized carbons (Fsp3) is 0.429. The minimum atomic E-state index is -4.54. The number of nitrogens with zero attached hydrogens (tertiary/aromatic N) is 2. The molecule has 32 heavy (non-hydrogen) atoms. The average Bonchev–Trinajstić information content (AvgIpc) is 3.45. The van der Waals surface area contributed by atoms with Crippen LogP contribution in [0.25, 0.3) is 0 Å². The van der Waals surface area contributed by atoms with Gasteiger partial charge in [0.15, 0.2) is 0 Å². The van der Waals surface area contributed by atoms with Crippen LogP contribution < -0.4 is 16.2 Å². The number of carbonyl (C=O) groups is 2. The van der Waals surface area contributed by atoms with Crippen molar-refractivity contribution in [2.24, 2.45) is 0 Å². The number of benzene rings is 1. The predicted molar refractivity (Wildman–Crippen MR) is 115 cm³/mol. The van der Waals surface area contributed by atoms with Crippen molar-refractivity contribution >= 4 is 28.8 Å². The van der Waals surface area contributed by atoms with E-state index in [2.05, 4.69) is 16.2 Å². The third-order valence-electron chi connectivity index (χ3n) is 5.65. The topological polar surface area (TPSA) is 76.7 Å². The van der Waals surface area contributed by atoms with Crippen molar-refractivity contribution < 1.29 is 22.8 Å². The highest BCUT2D eigenvalue weighted by Crippen LogP contribution is 2.34. The lowest BCUT2D eigenvalue weighted by Gasteiger charge is -2.35. The van der Waals surface area contributed by atoms with E-state index in [0.29, 0.717) is 32.6 Å². The molecule has 2 aromatic rings. The Kier molecular flexibility index (Phi) is 6.79. The summed E-state index contributed by atoms with van der Waals surface area (Å²) in [4.78, 5) is 29.9. The number of alkyl halides is 3. The molecule has 3 N–H and O–H groups in total. The normalized spacial score (nSPS) is 22.2. The van der Waals surface area contributed by atoms with Gasteiger partial charge in [-0.1, -0.05) is 18.2 Å². The molecule has 1 aromatic carbocycles. The second-order valence-corrected chi connectivity index (χ2v) is 8.82. The number of amides is 2. The van der Waals surface area contributed by atoms with Crippen molar-refractivity contribution in [3.63, 3.8) is 0 Å². The van der Waals surface area contributed by atoms with Crippen molar-refractivity contribution in [3.05, 3.63) is 52.2 Å². The maximum Gasteiger partial charge on any atom is 0.418 e. The summed E-state index contributed by atoms with van der Waals surface area (Å²) in [6.45, 7) is 1.86. The standard InChI is InChI=1S/C21H24F3N5O2S/c22-21(23,24)14-4-1-2-5-15(14)25-19(30)13-28-7-9-29(10-8-28)20(31)17-12-16(26-27-17)18-6-3-11-32-18/h1-6,11,16-17,26-27H,7-10,12-13H2,(H,25,30). The Balaban J connectivity index is 1.25. The SMILES string of the molecule is O=C(CN1CCN(C(=O)C2CC(c3cccs3)NN2)CC1)Nc1ccccc1C(F)(F)F. The van der Waals surface area contributed by atoms with Crippen LogP contribution >= 0.6 is 11.3 Å². The van der Waals surface area contributed by atoms with Gasteiger partial charge in [0.2, 0.25) is 11.8 Å². The van der Waals surface area contributed by atoms with Crippen molar-refractivity contribution in [1.82, 2.24) is 20.7 Å². The molecule has 0 aliphatic carbocycles. The number of hydrogen-bond donors (Lipinski definition) is 3. The number of anilines is 1. The van der Waals surface area contributed by atoms with Gasteiger partial charge in [-0.25, -0.2) is 10.9 Å². The molecule has 11 heteroatoms. The minimum Gasteiger partial charge on any atom is -0.339 e. The minimum absolute atomic E-state index is 0.0137. The molecule has 0 saturated carbocycles. The van der Waals surface area contributed by atoms with E-state index < -0.39 is 17.6 Å². The lowest BCUT2D eigenvalue weighted by atomic mass is 10.1. The molecule has 2 atom stereocenters. The summed E-state index contributed by atoms with van der Waals surface area (Å²) < 4.78 is 39.3. The van der Waals surface area contributed by atoms with Gasteiger partial charge >= 0.3 is 6.18 Å². The lowest BCUT2D eigenvalue weighted by Crippen LogP contribution is -2.54. The molecule has 172 valence electrons. The first kappa shape index (κ1) is 22.7. The van der Waals surface area contributed by atoms with Gasteiger partial charge < -0.3 is 10.2 Å². The van der Waals surface area contributed by atoms with Crippen LogP contribution in [-0.2, 0) is 15.8 Å². The Bertz CT molecular complexity index is 945. The highest BCUT2D eigenvalue weighted by Gasteiger charge is 2.35. The predicted octanol–water partition coefficient (Wildman–Crippen LogP) is 2.46. The molecule has 2 amide bonds. The molecule has 0 spiro atoms. The van der Waals surface area contributed by atoms with Crippen molar-refractivity contribution in [1.29, 1.82) is 0 Å². The number of hydrogen-bond acceptors (Lipinski definition) is 6. The largest absolute Gasteiger partial charge is 0.418 e. The molecule has 3 heterocycles. The van der Waals surface area contributed by atoms with E-state index in [1.165, 1.54) is 23.1 Å². The van der Waals surface area contributed by atoms with Crippen LogP contribution in [0, 0.1) is 0 Å². The van der Waals surface area contributed by atoms with Gasteiger partial charge in [-0.15, -0.1) is 11.3 Å². The number of carbonyl (C=O) groups excluding carboxylic acids is 2. The molecule has 2 aliphatic heterocycles. The summed E-state index contributed by atoms with van der Waals surface area (Å²) in [5.74, 6) is -0.498. The monoisotopic (exact) mass is 467 g/mol. The number of hydrazine groups is 1. The molecule has 2 fully saturated rings. The van der Waals surface area contributed by atoms with E-state index in [1.807, 2.05) is 22.4 Å². The second-order valence-electron chi connectivity index (χ2n) is 7.84. The quantitative estimate of drug-likeness (QED) is 0.630. The first-order valence-corrected chi connectivity index (χ1v) is 11.2. The summed E-state index contributed by atoms with van der Waals surface area (Å²) in [7, 11) is 0. The number of rotatable bonds is 5. The Labute approximate surface area is 187 Å². The van der Waals surface area contributed by atoms with Crippen LogP contribution in [0.1, 0.15) is 22.9 Å². The molecule has 7 nitrogen and oxygen atoms in total. The van der Waals surface area contributed by atoms with E-state index >= 15 is 0 Å². The summed E-state index contributed by atoms with van der Waals surface area (Å²) >= 11 is 1.64. The van der Waals surface area contributed by atoms with Gasteiger partial charge in [-0.2, -0.15) is 13.2 Å². The smallest absolute Gasteiger partial charge is 0.339 e. The third kappa shape index (κ3) is 5.29. The fourth-order valence-electron chi connectivity index (χ4n) is 3.97. The van der Waals surface area contributed by atoms with Crippen LogP contribution in [0.4, 0.5) is 18.9 Å². The Hall–Kier alpha value is -2.47. The Morgan fingerprint density at radius 1 is 1.06 bits per heavy atom. The first-order chi connectivity index (χ1) is 15.3. The zero-order chi connectivity index (χ0) is 22.7. The van der Waals surface area contributed by atoms with Crippen molar-refractivity contribution in [2.45, 2.75) is 24.7 Å². The highest BCUT2D eigenvalue weighted by atomic mass is 32.1. The first-order valence-electron chi connectivity index (χ1n) is 10.3. The summed E-state index contributed by atoms with van der Waals surface area (Å²) in [6.07, 6.45) is -3.87. The fourth-order valence-corrected chi connectivity index (χ4v) is 4.76. The molecule has 4 rings (SSSR count). The molecule has 2 unspecified atom stereocenters. The van der Waals surface area contributed by atoms with Crippen LogP contribution in [0.15, 0.2) is 41.8 Å². The molecule has 0 radical (unpaired) electrons. The average molecular weight is 468 g/mol. The Morgan fingerprint density at radius 2 is 1.81 bits per heavy atom. The van der Waals surface area contributed by atoms with E-state index in [9.17, 15) is 22.8 Å². The third-order valence-corrected chi connectivity index (χ3v) is 6.63. The van der Waals surface area contributed by atoms with Crippen LogP contribution in [0.3, 0.4) is 0 Å². The number of thiophene rings is 1. The number of piperazine rings is 1. The van der Waals surface area contributed by atoms with Gasteiger partial charge in [0.1, 0.15) is 6.04 Å². The maximum atomic E-state index is 13.1. The van der Waals surface area contributed by atoms with Crippen LogP contribution in [0.2, 0.25) is 0 Å². The zero-order valence-corrected chi connectivity index (χ0v) is 18.0. The van der Waals surface area contributed by atoms with Crippen molar-refractivity contribution in [2.75, 3.05) is 38.0 Å². The highest BCUT2D eigenvalue weighted by molar-refractivity contribution is 7.10. The van der Waals surface area contributed by atoms with Crippen molar-refractivity contribution in [3.8, 4) is 0 Å². The van der Waals surface area contributed by atoms with Gasteiger partial charge in [-0.3, -0.25) is 14.5 Å². The van der Waals surface area contributed by atoms with E-state index in [1.54, 1.807) is 16.2 Å². The maximum absolute atomic E-state index is 13.1. The molecule has 2 saturated heterocycles. The van der Waals surface area contributed by atoms with E-state index in [4.69, 9.17) is 0 Å². The zero-order valence-electron chi connectivity index (χ0n) is 17.2. The lowest BCUT2D eigenvalue weighted by molar-refractivity contribution is -0.137. The van der Waals surface area contributed by atoms with Gasteiger partial charge in [0, 0.05) is 31.1 Å². The van der Waals surface area contributed by atoms with E-state index in [-0.39, 0.29) is 30.2 Å². The van der Waals surface area contributed by atoms with Gasteiger partial charge in [0.05, 0.1) is 23.8 Å². The van der Waals surface area contributed by atoms with Crippen LogP contribution in [-0.4, -0.2) is 60.4 Å². The Morgan fingerprint density at radius 3 is 2.50 bits per heavy atom. The van der Waals surface area contributed by atoms with E-state index in [0.717, 1.165) is 6.07 Å². The molecular formula is C21H24F3N5O2S. The second kappa shape index (κ2) is 9.57. The number of halogens is 3. The molecular weight excluding hydrogens is 443 g/mol. The van der Waals surface area contributed by atoms with Gasteiger partial charge in [-0.05, 0) is 30.0 Å². The summed E-state index contributed by atoms with van der Waals surface area (Å²) in [5.41, 5.74) is 5.12. The number of para-hydroxylation sites is 1. The molecule has 0 bridgehead atoms. The summed E-state index contributed by atoms with van der Waals surface area (Å²) in [6, 6.07) is 8.72. The molecule has 1 aromatic heterocycles. The summed E-state index contributed by atoms with van der Waals surface area (Å²) in [5, 5.41) is 4.37. The number of nitrogens with one attached hydrogen (secondary N) is 3. The molecule has 2 aliphatic rings. The van der Waals surface area contributed by atoms with Crippen LogP contribution in [0.5, 0.6) is 0 Å².